The van der Waals surface area contributed by atoms with E-state index >= 15 is 0 Å². The largest absolute Gasteiger partial charge is 0.499 e. The Morgan fingerprint density at radius 2 is 2.09 bits per heavy atom. The number of amides is 1. The van der Waals surface area contributed by atoms with Crippen molar-refractivity contribution in [1.82, 2.24) is 9.91 Å². The first-order chi connectivity index (χ1) is 16.3. The van der Waals surface area contributed by atoms with Crippen molar-refractivity contribution in [1.29, 1.82) is 0 Å². The van der Waals surface area contributed by atoms with E-state index in [0.717, 1.165) is 29.6 Å². The van der Waals surface area contributed by atoms with Crippen LogP contribution in [-0.4, -0.2) is 66.4 Å². The standard InChI is InChI=1S/C23H18F2N4O3S2/c1-2-27-22(32)18-20(31)19(30)15(10-28(18)29-9-13-11-33-6-5-23(13,27)29)21-26-17(34-21)7-12-3-4-14(24)8-16(12)25/h3-4,8-10H,2,5-7,11H2,1H3/p+1. The van der Waals surface area contributed by atoms with Crippen LogP contribution in [0.5, 0.6) is 0 Å². The summed E-state index contributed by atoms with van der Waals surface area (Å²) in [5.74, 6) is -1.23. The molecular weight excluding hydrogens is 482 g/mol. The number of Topliss-reactive ketones (excluding diaryl/α,β-unsaturated/α-hetero) is 1. The molecule has 1 N–H and O–H groups in total. The molecule has 1 atom stereocenters. The van der Waals surface area contributed by atoms with E-state index in [1.807, 2.05) is 29.9 Å². The lowest BCUT2D eigenvalue weighted by Crippen LogP contribution is -2.75. The predicted molar refractivity (Wildman–Crippen MR) is 125 cm³/mol. The van der Waals surface area contributed by atoms with Gasteiger partial charge in [0.15, 0.2) is 5.66 Å². The molecule has 11 heteroatoms. The zero-order valence-corrected chi connectivity index (χ0v) is 19.7. The number of allylic oxidation sites excluding steroid dienone is 1. The number of benzene rings is 1. The minimum Gasteiger partial charge on any atom is -0.499 e. The molecule has 5 heterocycles. The Bertz CT molecular complexity index is 1350. The van der Waals surface area contributed by atoms with Crippen molar-refractivity contribution >= 4 is 46.5 Å². The van der Waals surface area contributed by atoms with Crippen LogP contribution in [-0.2, 0) is 16.0 Å². The van der Waals surface area contributed by atoms with Crippen molar-refractivity contribution in [3.8, 4) is 0 Å². The van der Waals surface area contributed by atoms with Gasteiger partial charge in [0, 0.05) is 36.8 Å². The van der Waals surface area contributed by atoms with Gasteiger partial charge in [-0.05, 0) is 24.3 Å². The van der Waals surface area contributed by atoms with Gasteiger partial charge in [-0.2, -0.15) is 11.8 Å². The van der Waals surface area contributed by atoms with Crippen LogP contribution >= 0.6 is 23.5 Å². The third kappa shape index (κ3) is 2.83. The number of fused-ring (bicyclic) bond motifs is 2. The topological polar surface area (TPSA) is 76.2 Å². The van der Waals surface area contributed by atoms with Crippen LogP contribution in [0, 0.1) is 11.6 Å². The molecule has 0 saturated carbocycles. The number of hydrazone groups is 1. The summed E-state index contributed by atoms with van der Waals surface area (Å²) in [7, 11) is 0. The molecule has 1 spiro atoms. The van der Waals surface area contributed by atoms with E-state index in [9.17, 15) is 23.5 Å². The van der Waals surface area contributed by atoms with Gasteiger partial charge in [-0.25, -0.2) is 13.8 Å². The number of aliphatic hydroxyl groups excluding tert-OH is 1. The van der Waals surface area contributed by atoms with Crippen molar-refractivity contribution in [2.45, 2.75) is 25.4 Å². The van der Waals surface area contributed by atoms with Crippen molar-refractivity contribution in [2.75, 3.05) is 18.1 Å². The lowest BCUT2D eigenvalue weighted by atomic mass is 9.86. The lowest BCUT2D eigenvalue weighted by molar-refractivity contribution is -0.669. The first-order valence-electron chi connectivity index (χ1n) is 10.8. The number of nitrogens with zero attached hydrogens (tertiary/aromatic N) is 4. The van der Waals surface area contributed by atoms with Gasteiger partial charge in [0.25, 0.3) is 0 Å². The number of aliphatic hydroxyl groups is 1. The Balaban J connectivity index is 1.38. The third-order valence-electron chi connectivity index (χ3n) is 6.66. The van der Waals surface area contributed by atoms with Crippen LogP contribution in [0.3, 0.4) is 0 Å². The number of rotatable bonds is 3. The normalized spacial score (nSPS) is 27.8. The van der Waals surface area contributed by atoms with Crippen LogP contribution < -0.4 is 0 Å². The van der Waals surface area contributed by atoms with Crippen molar-refractivity contribution in [2.24, 2.45) is 4.99 Å². The fraction of sp³-hybridized carbons (Fsp3) is 0.304. The van der Waals surface area contributed by atoms with Crippen LogP contribution in [0.15, 0.2) is 57.0 Å². The van der Waals surface area contributed by atoms with Gasteiger partial charge < -0.3 is 10.0 Å². The Morgan fingerprint density at radius 1 is 1.29 bits per heavy atom. The number of hydrogen-bond donors (Lipinski definition) is 1. The summed E-state index contributed by atoms with van der Waals surface area (Å²) >= 11 is 3.02. The predicted octanol–water partition coefficient (Wildman–Crippen LogP) is 3.11. The molecule has 174 valence electrons. The highest BCUT2D eigenvalue weighted by Gasteiger charge is 2.66. The number of likely N-dealkylation sites (N-methyl/N-ethyl adjacent to an activating group) is 1. The molecule has 1 aromatic rings. The summed E-state index contributed by atoms with van der Waals surface area (Å²) < 4.78 is 28.7. The Morgan fingerprint density at radius 3 is 2.79 bits per heavy atom. The zero-order chi connectivity index (χ0) is 23.8. The summed E-state index contributed by atoms with van der Waals surface area (Å²) in [5.41, 5.74) is 0.996. The van der Waals surface area contributed by atoms with Gasteiger partial charge in [-0.15, -0.1) is 5.01 Å². The monoisotopic (exact) mass is 501 g/mol. The van der Waals surface area contributed by atoms with Gasteiger partial charge >= 0.3 is 11.6 Å². The molecule has 5 aliphatic heterocycles. The molecule has 0 aromatic heterocycles. The number of carbonyl (C=O) groups excluding carboxylic acids is 2. The minimum absolute atomic E-state index is 0.0581. The molecule has 34 heavy (non-hydrogen) atoms. The number of aliphatic imine (C=N–C) groups is 1. The molecule has 2 fully saturated rings. The van der Waals surface area contributed by atoms with Crippen LogP contribution in [0.1, 0.15) is 18.9 Å². The first kappa shape index (κ1) is 21.6. The van der Waals surface area contributed by atoms with Crippen LogP contribution in [0.4, 0.5) is 8.78 Å². The van der Waals surface area contributed by atoms with Crippen molar-refractivity contribution in [3.63, 3.8) is 0 Å². The summed E-state index contributed by atoms with van der Waals surface area (Å²) in [5, 5.41) is 13.7. The van der Waals surface area contributed by atoms with Gasteiger partial charge in [0.05, 0.1) is 11.2 Å². The average Bonchev–Trinajstić information content (AvgIpc) is 2.76. The van der Waals surface area contributed by atoms with E-state index in [1.165, 1.54) is 23.9 Å². The smallest absolute Gasteiger partial charge is 0.345 e. The first-order valence-corrected chi connectivity index (χ1v) is 12.8. The summed E-state index contributed by atoms with van der Waals surface area (Å²) in [4.78, 5) is 32.5. The van der Waals surface area contributed by atoms with E-state index < -0.39 is 28.8 Å². The third-order valence-corrected chi connectivity index (χ3v) is 8.64. The number of hydrogen-bond acceptors (Lipinski definition) is 7. The number of ketones is 1. The second kappa shape index (κ2) is 7.54. The second-order valence-electron chi connectivity index (χ2n) is 8.41. The maximum absolute atomic E-state index is 14.0. The minimum atomic E-state index is -0.672. The summed E-state index contributed by atoms with van der Waals surface area (Å²) in [6, 6.07) is 3.38. The van der Waals surface area contributed by atoms with E-state index in [0.29, 0.717) is 22.2 Å². The maximum atomic E-state index is 14.0. The van der Waals surface area contributed by atoms with Crippen LogP contribution in [0.2, 0.25) is 0 Å². The quantitative estimate of drug-likeness (QED) is 0.507. The Labute approximate surface area is 202 Å². The number of carbonyl (C=O) groups is 2. The fourth-order valence-electron chi connectivity index (χ4n) is 5.00. The molecule has 0 radical (unpaired) electrons. The molecule has 7 nitrogen and oxygen atoms in total. The molecule has 1 amide bonds. The highest BCUT2D eigenvalue weighted by molar-refractivity contribution is 8.18. The number of hydrazine groups is 1. The van der Waals surface area contributed by atoms with Gasteiger partial charge in [-0.1, -0.05) is 22.5 Å². The highest BCUT2D eigenvalue weighted by Crippen LogP contribution is 2.50. The van der Waals surface area contributed by atoms with E-state index in [-0.39, 0.29) is 23.6 Å². The summed E-state index contributed by atoms with van der Waals surface area (Å²) in [6.45, 7) is 2.34. The second-order valence-corrected chi connectivity index (χ2v) is 10.6. The molecule has 0 bridgehead atoms. The van der Waals surface area contributed by atoms with Crippen LogP contribution in [0.25, 0.3) is 0 Å². The SMILES string of the molecule is CCN1C(=O)C2=C(O)C(=O)C(=C3N=C(Cc4ccc(F)cc4F)S3)C=[N+]2N2C=C3CSCCC312. The molecule has 0 aliphatic carbocycles. The van der Waals surface area contributed by atoms with E-state index in [4.69, 9.17) is 0 Å². The highest BCUT2D eigenvalue weighted by atomic mass is 32.2. The number of thioether (sulfide) groups is 2. The lowest BCUT2D eigenvalue weighted by Gasteiger charge is -2.57. The van der Waals surface area contributed by atoms with E-state index in [1.54, 1.807) is 15.8 Å². The Kier molecular flexibility index (Phi) is 4.79. The van der Waals surface area contributed by atoms with Crippen molar-refractivity contribution in [3.05, 3.63) is 69.2 Å². The van der Waals surface area contributed by atoms with Crippen molar-refractivity contribution < 1.29 is 28.2 Å². The number of halogens is 2. The van der Waals surface area contributed by atoms with Gasteiger partial charge in [-0.3, -0.25) is 9.59 Å². The molecule has 1 unspecified atom stereocenters. The molecule has 1 aromatic carbocycles. The summed E-state index contributed by atoms with van der Waals surface area (Å²) in [6.07, 6.45) is 4.44. The molecule has 2 saturated heterocycles. The van der Waals surface area contributed by atoms with Gasteiger partial charge in [0.2, 0.25) is 17.8 Å². The Hall–Kier alpha value is -2.92. The maximum Gasteiger partial charge on any atom is 0.345 e. The molecule has 6 rings (SSSR count). The molecule has 5 aliphatic rings. The average molecular weight is 502 g/mol. The fourth-order valence-corrected chi connectivity index (χ4v) is 6.96. The van der Waals surface area contributed by atoms with E-state index in [2.05, 4.69) is 4.99 Å². The zero-order valence-electron chi connectivity index (χ0n) is 18.0. The van der Waals surface area contributed by atoms with Gasteiger partial charge in [0.1, 0.15) is 22.2 Å². The molecular formula is C23H19F2N4O3S2+.